The highest BCUT2D eigenvalue weighted by Gasteiger charge is 2.17. The number of nitrogens with zero attached hydrogens (tertiary/aromatic N) is 2. The lowest BCUT2D eigenvalue weighted by molar-refractivity contribution is 0.0527. The largest absolute Gasteiger partial charge is 0.462 e. The van der Waals surface area contributed by atoms with Gasteiger partial charge in [0.25, 0.3) is 0 Å². The minimum Gasteiger partial charge on any atom is -0.462 e. The van der Waals surface area contributed by atoms with E-state index in [1.54, 1.807) is 31.5 Å². The number of hydrogen-bond donors (Lipinski definition) is 1. The van der Waals surface area contributed by atoms with Crippen LogP contribution in [0.15, 0.2) is 28.9 Å². The summed E-state index contributed by atoms with van der Waals surface area (Å²) in [5.41, 5.74) is 0.393. The summed E-state index contributed by atoms with van der Waals surface area (Å²) < 4.78 is 10.4. The van der Waals surface area contributed by atoms with Gasteiger partial charge in [0.1, 0.15) is 23.2 Å². The molecule has 6 heteroatoms. The van der Waals surface area contributed by atoms with Crippen LogP contribution in [-0.2, 0) is 4.74 Å². The van der Waals surface area contributed by atoms with E-state index in [0.717, 1.165) is 5.76 Å². The molecule has 2 rings (SSSR count). The average molecular weight is 275 g/mol. The van der Waals surface area contributed by atoms with Gasteiger partial charge in [-0.15, -0.1) is 0 Å². The molecule has 1 unspecified atom stereocenters. The maximum absolute atomic E-state index is 11.8. The van der Waals surface area contributed by atoms with E-state index in [1.807, 2.05) is 13.8 Å². The van der Waals surface area contributed by atoms with Crippen molar-refractivity contribution < 1.29 is 13.9 Å². The summed E-state index contributed by atoms with van der Waals surface area (Å²) >= 11 is 0. The van der Waals surface area contributed by atoms with E-state index in [4.69, 9.17) is 9.15 Å². The third kappa shape index (κ3) is 3.14. The molecule has 6 nitrogen and oxygen atoms in total. The number of esters is 1. The first kappa shape index (κ1) is 14.0. The number of hydrogen-bond acceptors (Lipinski definition) is 6. The fourth-order valence-corrected chi connectivity index (χ4v) is 1.73. The van der Waals surface area contributed by atoms with Gasteiger partial charge in [-0.2, -0.15) is 0 Å². The number of ether oxygens (including phenoxy) is 1. The molecule has 0 aromatic carbocycles. The fraction of sp³-hybridized carbons (Fsp3) is 0.357. The zero-order valence-electron chi connectivity index (χ0n) is 11.7. The molecule has 2 aromatic heterocycles. The standard InChI is InChI=1S/C14H17N3O3/c1-4-19-14(18)11-6-5-7-15-12(11)17-10(3)13-16-8-9(2)20-13/h5-8,10H,4H2,1-3H3,(H,15,17). The summed E-state index contributed by atoms with van der Waals surface area (Å²) in [6.07, 6.45) is 3.26. The Morgan fingerprint density at radius 1 is 1.50 bits per heavy atom. The maximum atomic E-state index is 11.8. The van der Waals surface area contributed by atoms with Gasteiger partial charge in [0, 0.05) is 6.20 Å². The van der Waals surface area contributed by atoms with Crippen molar-refractivity contribution in [3.8, 4) is 0 Å². The van der Waals surface area contributed by atoms with Crippen LogP contribution in [-0.4, -0.2) is 22.5 Å². The van der Waals surface area contributed by atoms with Crippen molar-refractivity contribution in [2.75, 3.05) is 11.9 Å². The minimum absolute atomic E-state index is 0.202. The van der Waals surface area contributed by atoms with Crippen LogP contribution < -0.4 is 5.32 Å². The lowest BCUT2D eigenvalue weighted by Gasteiger charge is -2.13. The van der Waals surface area contributed by atoms with Crippen molar-refractivity contribution in [2.45, 2.75) is 26.8 Å². The van der Waals surface area contributed by atoms with Crippen LogP contribution >= 0.6 is 0 Å². The van der Waals surface area contributed by atoms with Crippen LogP contribution in [0.25, 0.3) is 0 Å². The van der Waals surface area contributed by atoms with Crippen molar-refractivity contribution in [1.82, 2.24) is 9.97 Å². The lowest BCUT2D eigenvalue weighted by atomic mass is 10.2. The number of rotatable bonds is 5. The topological polar surface area (TPSA) is 77.2 Å². The Bertz CT molecular complexity index is 595. The summed E-state index contributed by atoms with van der Waals surface area (Å²) in [6, 6.07) is 3.16. The van der Waals surface area contributed by atoms with Crippen LogP contribution in [0.4, 0.5) is 5.82 Å². The molecule has 0 aliphatic carbocycles. The molecule has 1 N–H and O–H groups in total. The van der Waals surface area contributed by atoms with E-state index >= 15 is 0 Å². The number of aromatic nitrogens is 2. The zero-order valence-corrected chi connectivity index (χ0v) is 11.7. The summed E-state index contributed by atoms with van der Waals surface area (Å²) in [6.45, 7) is 5.80. The Labute approximate surface area is 117 Å². The lowest BCUT2D eigenvalue weighted by Crippen LogP contribution is -2.14. The highest BCUT2D eigenvalue weighted by Crippen LogP contribution is 2.20. The molecule has 2 heterocycles. The number of carbonyl (C=O) groups excluding carboxylic acids is 1. The van der Waals surface area contributed by atoms with Crippen LogP contribution in [0.5, 0.6) is 0 Å². The number of pyridine rings is 1. The van der Waals surface area contributed by atoms with E-state index < -0.39 is 5.97 Å². The Morgan fingerprint density at radius 2 is 2.30 bits per heavy atom. The van der Waals surface area contributed by atoms with Gasteiger partial charge < -0.3 is 14.5 Å². The third-order valence-corrected chi connectivity index (χ3v) is 2.67. The summed E-state index contributed by atoms with van der Waals surface area (Å²) in [7, 11) is 0. The van der Waals surface area contributed by atoms with E-state index in [9.17, 15) is 4.79 Å². The van der Waals surface area contributed by atoms with E-state index in [-0.39, 0.29) is 6.04 Å². The molecule has 0 radical (unpaired) electrons. The fourth-order valence-electron chi connectivity index (χ4n) is 1.73. The van der Waals surface area contributed by atoms with Crippen LogP contribution in [0.3, 0.4) is 0 Å². The van der Waals surface area contributed by atoms with E-state index in [0.29, 0.717) is 23.9 Å². The predicted molar refractivity (Wildman–Crippen MR) is 73.5 cm³/mol. The van der Waals surface area contributed by atoms with Gasteiger partial charge in [-0.1, -0.05) is 0 Å². The Balaban J connectivity index is 2.18. The van der Waals surface area contributed by atoms with Crippen molar-refractivity contribution in [3.63, 3.8) is 0 Å². The molecule has 0 spiro atoms. The summed E-state index contributed by atoms with van der Waals surface area (Å²) in [4.78, 5) is 20.2. The monoisotopic (exact) mass is 275 g/mol. The van der Waals surface area contributed by atoms with Crippen molar-refractivity contribution in [2.24, 2.45) is 0 Å². The minimum atomic E-state index is -0.404. The second-order valence-corrected chi connectivity index (χ2v) is 4.30. The normalized spacial score (nSPS) is 11.9. The highest BCUT2D eigenvalue weighted by atomic mass is 16.5. The van der Waals surface area contributed by atoms with Gasteiger partial charge in [-0.05, 0) is 32.9 Å². The van der Waals surface area contributed by atoms with Crippen molar-refractivity contribution >= 4 is 11.8 Å². The molecule has 2 aromatic rings. The predicted octanol–water partition coefficient (Wildman–Crippen LogP) is 2.73. The molecule has 0 saturated heterocycles. The number of carbonyl (C=O) groups is 1. The van der Waals surface area contributed by atoms with Gasteiger partial charge in [0.15, 0.2) is 0 Å². The molecule has 0 aliphatic rings. The SMILES string of the molecule is CCOC(=O)c1cccnc1NC(C)c1ncc(C)o1. The van der Waals surface area contributed by atoms with Crippen LogP contribution in [0.1, 0.15) is 41.9 Å². The van der Waals surface area contributed by atoms with Crippen LogP contribution in [0.2, 0.25) is 0 Å². The number of nitrogens with one attached hydrogen (secondary N) is 1. The smallest absolute Gasteiger partial charge is 0.341 e. The Kier molecular flexibility index (Phi) is 4.34. The molecule has 0 bridgehead atoms. The molecular weight excluding hydrogens is 258 g/mol. The van der Waals surface area contributed by atoms with Gasteiger partial charge in [0.05, 0.1) is 12.8 Å². The number of aryl methyl sites for hydroxylation is 1. The third-order valence-electron chi connectivity index (χ3n) is 2.67. The zero-order chi connectivity index (χ0) is 14.5. The quantitative estimate of drug-likeness (QED) is 0.845. The first-order valence-electron chi connectivity index (χ1n) is 6.42. The first-order valence-corrected chi connectivity index (χ1v) is 6.42. The molecule has 0 fully saturated rings. The summed E-state index contributed by atoms with van der Waals surface area (Å²) in [5.74, 6) is 1.33. The Morgan fingerprint density at radius 3 is 2.95 bits per heavy atom. The molecule has 106 valence electrons. The molecule has 1 atom stereocenters. The Hall–Kier alpha value is -2.37. The van der Waals surface area contributed by atoms with Gasteiger partial charge >= 0.3 is 5.97 Å². The molecular formula is C14H17N3O3. The van der Waals surface area contributed by atoms with Gasteiger partial charge in [0.2, 0.25) is 5.89 Å². The maximum Gasteiger partial charge on any atom is 0.341 e. The summed E-state index contributed by atoms with van der Waals surface area (Å²) in [5, 5.41) is 3.11. The second-order valence-electron chi connectivity index (χ2n) is 4.30. The van der Waals surface area contributed by atoms with Crippen LogP contribution in [0, 0.1) is 6.92 Å². The van der Waals surface area contributed by atoms with E-state index in [1.165, 1.54) is 0 Å². The van der Waals surface area contributed by atoms with E-state index in [2.05, 4.69) is 15.3 Å². The molecule has 0 saturated carbocycles. The molecule has 0 aliphatic heterocycles. The number of anilines is 1. The number of oxazole rings is 1. The molecule has 0 amide bonds. The second kappa shape index (κ2) is 6.18. The van der Waals surface area contributed by atoms with Crippen molar-refractivity contribution in [3.05, 3.63) is 41.7 Å². The van der Waals surface area contributed by atoms with Crippen molar-refractivity contribution in [1.29, 1.82) is 0 Å². The highest BCUT2D eigenvalue weighted by molar-refractivity contribution is 5.94. The van der Waals surface area contributed by atoms with Gasteiger partial charge in [-0.25, -0.2) is 14.8 Å². The average Bonchev–Trinajstić information content (AvgIpc) is 2.86. The molecule has 20 heavy (non-hydrogen) atoms. The van der Waals surface area contributed by atoms with Gasteiger partial charge in [-0.3, -0.25) is 0 Å². The first-order chi connectivity index (χ1) is 9.61.